The minimum absolute atomic E-state index is 0.251. The number of fused-ring (bicyclic) bond motifs is 1. The first kappa shape index (κ1) is 20.3. The van der Waals surface area contributed by atoms with Crippen LogP contribution in [-0.4, -0.2) is 29.3 Å². The minimum Gasteiger partial charge on any atom is -0.496 e. The van der Waals surface area contributed by atoms with E-state index in [-0.39, 0.29) is 11.9 Å². The summed E-state index contributed by atoms with van der Waals surface area (Å²) in [4.78, 5) is 19.5. The Hall–Kier alpha value is -2.44. The normalized spacial score (nSPS) is 18.8. The molecule has 3 rings (SSSR count). The van der Waals surface area contributed by atoms with Crippen LogP contribution >= 0.6 is 27.7 Å². The highest BCUT2D eigenvalue weighted by Gasteiger charge is 2.44. The molecule has 0 aromatic heterocycles. The summed E-state index contributed by atoms with van der Waals surface area (Å²) in [7, 11) is 1.56. The molecule has 2 N–H and O–H groups in total. The van der Waals surface area contributed by atoms with Crippen molar-refractivity contribution in [2.75, 3.05) is 7.11 Å². The average Bonchev–Trinajstić information content (AvgIpc) is 2.95. The Morgan fingerprint density at radius 1 is 1.46 bits per heavy atom. The third-order valence-corrected chi connectivity index (χ3v) is 5.70. The van der Waals surface area contributed by atoms with Gasteiger partial charge in [-0.15, -0.1) is 0 Å². The van der Waals surface area contributed by atoms with Gasteiger partial charge in [-0.1, -0.05) is 15.9 Å². The predicted octanol–water partition coefficient (Wildman–Crippen LogP) is 3.79. The van der Waals surface area contributed by atoms with Crippen molar-refractivity contribution < 1.29 is 14.3 Å². The van der Waals surface area contributed by atoms with Crippen LogP contribution in [0.3, 0.4) is 0 Å². The first-order valence-electron chi connectivity index (χ1n) is 8.49. The van der Waals surface area contributed by atoms with Crippen molar-refractivity contribution in [2.45, 2.75) is 32.9 Å². The Bertz CT molecular complexity index is 978. The van der Waals surface area contributed by atoms with E-state index in [9.17, 15) is 10.1 Å². The Labute approximate surface area is 176 Å². The lowest BCUT2D eigenvalue weighted by Crippen LogP contribution is -2.39. The molecule has 0 aliphatic carbocycles. The number of benzene rings is 1. The van der Waals surface area contributed by atoms with Crippen LogP contribution in [0.2, 0.25) is 0 Å². The van der Waals surface area contributed by atoms with Crippen molar-refractivity contribution in [1.82, 2.24) is 4.90 Å². The van der Waals surface area contributed by atoms with E-state index in [1.165, 1.54) is 11.8 Å². The first-order chi connectivity index (χ1) is 13.3. The summed E-state index contributed by atoms with van der Waals surface area (Å²) in [6.07, 6.45) is -0.293. The van der Waals surface area contributed by atoms with Crippen LogP contribution in [0.15, 0.2) is 49.7 Å². The van der Waals surface area contributed by atoms with Crippen LogP contribution in [0.1, 0.15) is 32.4 Å². The van der Waals surface area contributed by atoms with Crippen LogP contribution in [0.5, 0.6) is 5.75 Å². The minimum atomic E-state index is -0.635. The summed E-state index contributed by atoms with van der Waals surface area (Å²) in [5.41, 5.74) is 7.85. The second kappa shape index (κ2) is 7.89. The molecule has 0 bridgehead atoms. The van der Waals surface area contributed by atoms with Crippen LogP contribution in [0.25, 0.3) is 0 Å². The summed E-state index contributed by atoms with van der Waals surface area (Å²) in [6.45, 7) is 5.32. The number of carbonyl (C=O) groups is 1. The fourth-order valence-electron chi connectivity index (χ4n) is 3.09. The molecule has 0 fully saturated rings. The molecule has 2 aliphatic rings. The molecule has 1 aromatic rings. The first-order valence-corrected chi connectivity index (χ1v) is 10.1. The number of allylic oxidation sites excluding steroid dienone is 2. The van der Waals surface area contributed by atoms with E-state index in [2.05, 4.69) is 27.0 Å². The maximum absolute atomic E-state index is 13.0. The largest absolute Gasteiger partial charge is 0.496 e. The summed E-state index contributed by atoms with van der Waals surface area (Å²) in [5.74, 6) is 0.353. The predicted molar refractivity (Wildman–Crippen MR) is 111 cm³/mol. The lowest BCUT2D eigenvalue weighted by molar-refractivity contribution is -0.143. The van der Waals surface area contributed by atoms with Crippen molar-refractivity contribution in [3.63, 3.8) is 0 Å². The number of hydrogen-bond acceptors (Lipinski definition) is 8. The van der Waals surface area contributed by atoms with Gasteiger partial charge in [-0.05, 0) is 50.7 Å². The zero-order valence-corrected chi connectivity index (χ0v) is 18.2. The van der Waals surface area contributed by atoms with Crippen molar-refractivity contribution in [3.8, 4) is 11.8 Å². The molecule has 146 valence electrons. The summed E-state index contributed by atoms with van der Waals surface area (Å²) < 4.78 is 11.8. The lowest BCUT2D eigenvalue weighted by Gasteiger charge is -2.35. The molecule has 1 aromatic carbocycles. The van der Waals surface area contributed by atoms with Gasteiger partial charge in [-0.25, -0.2) is 9.79 Å². The van der Waals surface area contributed by atoms with E-state index < -0.39 is 12.0 Å². The fraction of sp³-hybridized carbons (Fsp3) is 0.316. The highest BCUT2D eigenvalue weighted by Crippen LogP contribution is 2.47. The van der Waals surface area contributed by atoms with Crippen molar-refractivity contribution >= 4 is 38.8 Å². The second-order valence-corrected chi connectivity index (χ2v) is 8.33. The summed E-state index contributed by atoms with van der Waals surface area (Å²) >= 11 is 4.66. The van der Waals surface area contributed by atoms with Gasteiger partial charge in [0.05, 0.1) is 24.5 Å². The molecule has 0 amide bonds. The highest BCUT2D eigenvalue weighted by atomic mass is 79.9. The lowest BCUT2D eigenvalue weighted by atomic mass is 9.93. The van der Waals surface area contributed by atoms with Crippen LogP contribution in [-0.2, 0) is 9.53 Å². The summed E-state index contributed by atoms with van der Waals surface area (Å²) in [5, 5.41) is 9.96. The number of halogens is 1. The molecule has 2 heterocycles. The van der Waals surface area contributed by atoms with E-state index >= 15 is 0 Å². The van der Waals surface area contributed by atoms with Gasteiger partial charge in [0.15, 0.2) is 5.17 Å². The Kier molecular flexibility index (Phi) is 5.72. The number of carbonyl (C=O) groups excluding carboxylic acids is 1. The number of aliphatic imine (C=N–C) groups is 1. The molecule has 0 radical (unpaired) electrons. The maximum atomic E-state index is 13.0. The number of amidine groups is 1. The van der Waals surface area contributed by atoms with Gasteiger partial charge in [-0.2, -0.15) is 5.26 Å². The number of esters is 1. The highest BCUT2D eigenvalue weighted by molar-refractivity contribution is 9.10. The molecule has 0 saturated carbocycles. The van der Waals surface area contributed by atoms with E-state index in [1.807, 2.05) is 12.1 Å². The SMILES string of the molecule is COc1ccc(Br)cc1[C@@H]1C(C(=O)OC(C)C)=C(C)N=C2SC(C#N)=C(N)N21. The van der Waals surface area contributed by atoms with Gasteiger partial charge in [0, 0.05) is 10.0 Å². The van der Waals surface area contributed by atoms with Gasteiger partial charge in [0.1, 0.15) is 28.6 Å². The number of rotatable bonds is 4. The molecule has 9 heteroatoms. The molecule has 1 atom stereocenters. The number of nitrogens with zero attached hydrogens (tertiary/aromatic N) is 3. The van der Waals surface area contributed by atoms with E-state index in [0.717, 1.165) is 4.47 Å². The molecule has 0 unspecified atom stereocenters. The Balaban J connectivity index is 2.25. The topological polar surface area (TPSA) is 101 Å². The number of nitriles is 1. The van der Waals surface area contributed by atoms with Crippen molar-refractivity contribution in [2.24, 2.45) is 10.7 Å². The van der Waals surface area contributed by atoms with Crippen LogP contribution in [0.4, 0.5) is 0 Å². The Morgan fingerprint density at radius 2 is 2.18 bits per heavy atom. The number of nitrogens with two attached hydrogens (primary N) is 1. The van der Waals surface area contributed by atoms with Gasteiger partial charge >= 0.3 is 5.97 Å². The standard InChI is InChI=1S/C19H19BrN4O3S/c1-9(2)27-18(25)15-10(3)23-19-24(17(22)14(8-21)28-19)16(15)12-7-11(20)5-6-13(12)26-4/h5-7,9,16H,22H2,1-4H3/t16-/m1/s1. The van der Waals surface area contributed by atoms with E-state index in [0.29, 0.717) is 32.7 Å². The molecule has 0 spiro atoms. The maximum Gasteiger partial charge on any atom is 0.338 e. The average molecular weight is 463 g/mol. The smallest absolute Gasteiger partial charge is 0.338 e. The Morgan fingerprint density at radius 3 is 2.79 bits per heavy atom. The third-order valence-electron chi connectivity index (χ3n) is 4.23. The quantitative estimate of drug-likeness (QED) is 0.678. The number of hydrogen-bond donors (Lipinski definition) is 1. The second-order valence-electron chi connectivity index (χ2n) is 6.43. The molecule has 0 saturated heterocycles. The van der Waals surface area contributed by atoms with Gasteiger partial charge < -0.3 is 15.2 Å². The number of methoxy groups -OCH3 is 1. The zero-order valence-electron chi connectivity index (χ0n) is 15.8. The molecule has 2 aliphatic heterocycles. The van der Waals surface area contributed by atoms with Gasteiger partial charge in [0.2, 0.25) is 0 Å². The number of thioether (sulfide) groups is 1. The van der Waals surface area contributed by atoms with Crippen molar-refractivity contribution in [3.05, 3.63) is 50.2 Å². The fourth-order valence-corrected chi connectivity index (χ4v) is 4.39. The summed E-state index contributed by atoms with van der Waals surface area (Å²) in [6, 6.07) is 6.98. The third kappa shape index (κ3) is 3.50. The van der Waals surface area contributed by atoms with Gasteiger partial charge in [0.25, 0.3) is 0 Å². The van der Waals surface area contributed by atoms with E-state index in [4.69, 9.17) is 15.2 Å². The molecular weight excluding hydrogens is 444 g/mol. The van der Waals surface area contributed by atoms with Crippen LogP contribution < -0.4 is 10.5 Å². The zero-order chi connectivity index (χ0) is 20.6. The van der Waals surface area contributed by atoms with Gasteiger partial charge in [-0.3, -0.25) is 4.90 Å². The monoisotopic (exact) mass is 462 g/mol. The molecular formula is C19H19BrN4O3S. The number of ether oxygens (including phenoxy) is 2. The molecule has 7 nitrogen and oxygen atoms in total. The van der Waals surface area contributed by atoms with Crippen molar-refractivity contribution in [1.29, 1.82) is 5.26 Å². The van der Waals surface area contributed by atoms with Crippen LogP contribution in [0, 0.1) is 11.3 Å². The van der Waals surface area contributed by atoms with E-state index in [1.54, 1.807) is 38.8 Å². The molecule has 28 heavy (non-hydrogen) atoms.